The van der Waals surface area contributed by atoms with Gasteiger partial charge < -0.3 is 5.73 Å². The fourth-order valence-electron chi connectivity index (χ4n) is 1.93. The Morgan fingerprint density at radius 3 is 2.85 bits per heavy atom. The van der Waals surface area contributed by atoms with Crippen molar-refractivity contribution in [2.45, 2.75) is 19.4 Å². The molecule has 2 N–H and O–H groups in total. The molecule has 2 nitrogen and oxygen atoms in total. The van der Waals surface area contributed by atoms with Crippen molar-refractivity contribution >= 4 is 5.78 Å². The lowest BCUT2D eigenvalue weighted by Gasteiger charge is -2.25. The average molecular weight is 175 g/mol. The maximum absolute atomic E-state index is 11.7. The number of Topliss-reactive ketones (excluding diaryl/α,β-unsaturated/α-hetero) is 1. The van der Waals surface area contributed by atoms with Crippen LogP contribution in [0.2, 0.25) is 0 Å². The molecule has 0 heterocycles. The lowest BCUT2D eigenvalue weighted by molar-refractivity contribution is 0.0905. The van der Waals surface area contributed by atoms with Crippen molar-refractivity contribution in [3.05, 3.63) is 35.4 Å². The zero-order valence-corrected chi connectivity index (χ0v) is 7.66. The van der Waals surface area contributed by atoms with Crippen LogP contribution in [-0.4, -0.2) is 5.78 Å². The van der Waals surface area contributed by atoms with Gasteiger partial charge in [0.05, 0.1) is 0 Å². The summed E-state index contributed by atoms with van der Waals surface area (Å²) in [5, 5.41) is 0. The Hall–Kier alpha value is -1.15. The minimum atomic E-state index is 0.0314. The van der Waals surface area contributed by atoms with E-state index in [1.807, 2.05) is 31.2 Å². The van der Waals surface area contributed by atoms with Gasteiger partial charge in [0.15, 0.2) is 5.78 Å². The normalized spacial score (nSPS) is 27.1. The van der Waals surface area contributed by atoms with Crippen molar-refractivity contribution in [1.82, 2.24) is 0 Å². The number of rotatable bonds is 0. The fourth-order valence-corrected chi connectivity index (χ4v) is 1.93. The molecule has 0 bridgehead atoms. The second kappa shape index (κ2) is 2.96. The number of fused-ring (bicyclic) bond motifs is 1. The van der Waals surface area contributed by atoms with Crippen LogP contribution in [0.3, 0.4) is 0 Å². The summed E-state index contributed by atoms with van der Waals surface area (Å²) in [5.74, 6) is 0.308. The van der Waals surface area contributed by atoms with E-state index < -0.39 is 0 Å². The molecule has 0 spiro atoms. The quantitative estimate of drug-likeness (QED) is 0.654. The predicted molar refractivity (Wildman–Crippen MR) is 51.5 cm³/mol. The largest absolute Gasteiger partial charge is 0.324 e. The second-order valence-corrected chi connectivity index (χ2v) is 3.69. The highest BCUT2D eigenvalue weighted by Crippen LogP contribution is 2.30. The second-order valence-electron chi connectivity index (χ2n) is 3.69. The van der Waals surface area contributed by atoms with E-state index in [-0.39, 0.29) is 17.7 Å². The Bertz CT molecular complexity index is 346. The Morgan fingerprint density at radius 1 is 1.38 bits per heavy atom. The molecular weight excluding hydrogens is 162 g/mol. The molecule has 2 atom stereocenters. The minimum Gasteiger partial charge on any atom is -0.324 e. The van der Waals surface area contributed by atoms with Gasteiger partial charge in [0.1, 0.15) is 0 Å². The lowest BCUT2D eigenvalue weighted by Crippen LogP contribution is -2.27. The van der Waals surface area contributed by atoms with Crippen molar-refractivity contribution in [2.24, 2.45) is 11.7 Å². The van der Waals surface area contributed by atoms with Gasteiger partial charge >= 0.3 is 0 Å². The average Bonchev–Trinajstić information content (AvgIpc) is 2.15. The molecule has 2 unspecified atom stereocenters. The topological polar surface area (TPSA) is 43.1 Å². The summed E-state index contributed by atoms with van der Waals surface area (Å²) in [4.78, 5) is 11.7. The monoisotopic (exact) mass is 175 g/mol. The van der Waals surface area contributed by atoms with E-state index in [4.69, 9.17) is 5.73 Å². The molecule has 13 heavy (non-hydrogen) atoms. The molecule has 2 heteroatoms. The summed E-state index contributed by atoms with van der Waals surface area (Å²) in [5.41, 5.74) is 7.77. The molecule has 1 aliphatic rings. The number of hydrogen-bond acceptors (Lipinski definition) is 2. The van der Waals surface area contributed by atoms with E-state index in [2.05, 4.69) is 0 Å². The molecule has 1 aliphatic carbocycles. The molecule has 0 amide bonds. The van der Waals surface area contributed by atoms with Crippen LogP contribution in [0.15, 0.2) is 24.3 Å². The van der Waals surface area contributed by atoms with Crippen molar-refractivity contribution in [1.29, 1.82) is 0 Å². The van der Waals surface area contributed by atoms with Gasteiger partial charge in [0.25, 0.3) is 0 Å². The third-order valence-electron chi connectivity index (χ3n) is 2.68. The van der Waals surface area contributed by atoms with E-state index >= 15 is 0 Å². The third-order valence-corrected chi connectivity index (χ3v) is 2.68. The molecule has 1 aromatic carbocycles. The number of nitrogens with two attached hydrogens (primary N) is 1. The summed E-state index contributed by atoms with van der Waals surface area (Å²) in [6.07, 6.45) is 0.774. The van der Waals surface area contributed by atoms with Gasteiger partial charge in [-0.3, -0.25) is 4.79 Å². The molecule has 1 aromatic rings. The van der Waals surface area contributed by atoms with Crippen LogP contribution < -0.4 is 5.73 Å². The molecule has 0 aromatic heterocycles. The van der Waals surface area contributed by atoms with E-state index in [0.29, 0.717) is 0 Å². The van der Waals surface area contributed by atoms with E-state index in [1.165, 1.54) is 0 Å². The Labute approximate surface area is 77.8 Å². The van der Waals surface area contributed by atoms with Gasteiger partial charge in [-0.25, -0.2) is 0 Å². The standard InChI is InChI=1S/C11H13NO/c1-7-6-10(12)8-4-2-3-5-9(8)11(7)13/h2-5,7,10H,6,12H2,1H3. The number of carbonyl (C=O) groups excluding carboxylic acids is 1. The summed E-state index contributed by atoms with van der Waals surface area (Å²) < 4.78 is 0. The van der Waals surface area contributed by atoms with E-state index in [0.717, 1.165) is 17.5 Å². The Morgan fingerprint density at radius 2 is 2.08 bits per heavy atom. The van der Waals surface area contributed by atoms with Crippen LogP contribution >= 0.6 is 0 Å². The SMILES string of the molecule is CC1CC(N)c2ccccc2C1=O. The zero-order valence-electron chi connectivity index (χ0n) is 7.66. The van der Waals surface area contributed by atoms with Crippen molar-refractivity contribution in [3.63, 3.8) is 0 Å². The first-order valence-electron chi connectivity index (χ1n) is 4.59. The zero-order chi connectivity index (χ0) is 9.42. The summed E-state index contributed by atoms with van der Waals surface area (Å²) in [6, 6.07) is 7.67. The van der Waals surface area contributed by atoms with Gasteiger partial charge in [-0.1, -0.05) is 31.2 Å². The molecule has 0 aliphatic heterocycles. The highest BCUT2D eigenvalue weighted by molar-refractivity contribution is 6.00. The first-order valence-corrected chi connectivity index (χ1v) is 4.59. The summed E-state index contributed by atoms with van der Waals surface area (Å²) >= 11 is 0. The van der Waals surface area contributed by atoms with Gasteiger partial charge in [-0.2, -0.15) is 0 Å². The van der Waals surface area contributed by atoms with Gasteiger partial charge in [0, 0.05) is 17.5 Å². The van der Waals surface area contributed by atoms with E-state index in [9.17, 15) is 4.79 Å². The first kappa shape index (κ1) is 8.45. The summed E-state index contributed by atoms with van der Waals surface area (Å²) in [7, 11) is 0. The van der Waals surface area contributed by atoms with Crippen LogP contribution in [-0.2, 0) is 0 Å². The first-order chi connectivity index (χ1) is 6.20. The highest BCUT2D eigenvalue weighted by atomic mass is 16.1. The fraction of sp³-hybridized carbons (Fsp3) is 0.364. The number of carbonyl (C=O) groups is 1. The van der Waals surface area contributed by atoms with Gasteiger partial charge in [-0.15, -0.1) is 0 Å². The molecule has 0 radical (unpaired) electrons. The maximum Gasteiger partial charge on any atom is 0.166 e. The molecule has 68 valence electrons. The predicted octanol–water partition coefficient (Wildman–Crippen LogP) is 1.91. The highest BCUT2D eigenvalue weighted by Gasteiger charge is 2.28. The Balaban J connectivity index is 2.54. The van der Waals surface area contributed by atoms with Crippen LogP contribution in [0, 0.1) is 5.92 Å². The van der Waals surface area contributed by atoms with Crippen LogP contribution in [0.1, 0.15) is 35.3 Å². The minimum absolute atomic E-state index is 0.0314. The molecule has 2 rings (SSSR count). The smallest absolute Gasteiger partial charge is 0.166 e. The lowest BCUT2D eigenvalue weighted by atomic mass is 9.81. The Kier molecular flexibility index (Phi) is 1.93. The van der Waals surface area contributed by atoms with Gasteiger partial charge in [0.2, 0.25) is 0 Å². The maximum atomic E-state index is 11.7. The molecule has 0 saturated heterocycles. The van der Waals surface area contributed by atoms with Crippen molar-refractivity contribution in [2.75, 3.05) is 0 Å². The number of benzene rings is 1. The number of hydrogen-bond donors (Lipinski definition) is 1. The third kappa shape index (κ3) is 1.27. The van der Waals surface area contributed by atoms with Gasteiger partial charge in [-0.05, 0) is 12.0 Å². The van der Waals surface area contributed by atoms with Crippen LogP contribution in [0.25, 0.3) is 0 Å². The van der Waals surface area contributed by atoms with Crippen LogP contribution in [0.5, 0.6) is 0 Å². The molecule has 0 fully saturated rings. The van der Waals surface area contributed by atoms with Crippen LogP contribution in [0.4, 0.5) is 0 Å². The number of ketones is 1. The van der Waals surface area contributed by atoms with Crippen molar-refractivity contribution in [3.8, 4) is 0 Å². The molecule has 0 saturated carbocycles. The van der Waals surface area contributed by atoms with Crippen molar-refractivity contribution < 1.29 is 4.79 Å². The summed E-state index contributed by atoms with van der Waals surface area (Å²) in [6.45, 7) is 1.94. The van der Waals surface area contributed by atoms with E-state index in [1.54, 1.807) is 0 Å². The molecular formula is C11H13NO.